The number of aromatic nitrogens is 2. The molecule has 1 unspecified atom stereocenters. The Morgan fingerprint density at radius 1 is 1.14 bits per heavy atom. The molecule has 0 amide bonds. The number of aromatic amines is 1. The molecule has 28 heavy (non-hydrogen) atoms. The van der Waals surface area contributed by atoms with Gasteiger partial charge in [-0.05, 0) is 29.8 Å². The van der Waals surface area contributed by atoms with Crippen molar-refractivity contribution in [3.63, 3.8) is 0 Å². The first-order valence-corrected chi connectivity index (χ1v) is 8.78. The molecule has 0 aliphatic heterocycles. The van der Waals surface area contributed by atoms with E-state index < -0.39 is 11.9 Å². The van der Waals surface area contributed by atoms with E-state index in [0.29, 0.717) is 22.7 Å². The number of nitrogens with one attached hydrogen (secondary N) is 2. The molecule has 2 N–H and O–H groups in total. The van der Waals surface area contributed by atoms with Crippen molar-refractivity contribution < 1.29 is 13.9 Å². The molecule has 0 spiro atoms. The van der Waals surface area contributed by atoms with E-state index in [0.717, 1.165) is 10.9 Å². The van der Waals surface area contributed by atoms with E-state index in [1.54, 1.807) is 36.7 Å². The number of Topliss-reactive ketones (excluding diaryl/α,β-unsaturated/α-hetero) is 1. The second kappa shape index (κ2) is 7.52. The fourth-order valence-electron chi connectivity index (χ4n) is 3.19. The smallest absolute Gasteiger partial charge is 0.214 e. The lowest BCUT2D eigenvalue weighted by Gasteiger charge is -2.19. The lowest BCUT2D eigenvalue weighted by molar-refractivity contribution is 0.0971. The third-order valence-electron chi connectivity index (χ3n) is 4.55. The van der Waals surface area contributed by atoms with Gasteiger partial charge in [0.2, 0.25) is 5.88 Å². The molecule has 2 aromatic heterocycles. The third-order valence-corrected chi connectivity index (χ3v) is 4.55. The lowest BCUT2D eigenvalue weighted by atomic mass is 9.96. The number of para-hydroxylation sites is 1. The largest absolute Gasteiger partial charge is 0.481 e. The van der Waals surface area contributed by atoms with Gasteiger partial charge in [-0.2, -0.15) is 0 Å². The Labute approximate surface area is 161 Å². The molecule has 0 saturated carbocycles. The first-order chi connectivity index (χ1) is 13.7. The molecule has 4 rings (SSSR count). The molecule has 6 heteroatoms. The monoisotopic (exact) mass is 375 g/mol. The summed E-state index contributed by atoms with van der Waals surface area (Å²) in [6.45, 7) is 0. The standard InChI is InChI=1S/C22H18FN3O2/c1-28-20-12-16(9-10-24-20)26-21(14-5-4-6-15(23)11-14)22(27)18-13-25-19-8-3-2-7-17(18)19/h2-13,21,25H,1H3,(H,24,26). The number of hydrogen-bond donors (Lipinski definition) is 2. The van der Waals surface area contributed by atoms with Gasteiger partial charge >= 0.3 is 0 Å². The third kappa shape index (κ3) is 3.44. The van der Waals surface area contributed by atoms with E-state index >= 15 is 0 Å². The molecule has 0 fully saturated rings. The minimum absolute atomic E-state index is 0.168. The molecule has 0 saturated heterocycles. The van der Waals surface area contributed by atoms with Crippen LogP contribution in [0.15, 0.2) is 73.1 Å². The van der Waals surface area contributed by atoms with Gasteiger partial charge < -0.3 is 15.0 Å². The van der Waals surface area contributed by atoms with E-state index in [4.69, 9.17) is 4.74 Å². The van der Waals surface area contributed by atoms with Gasteiger partial charge in [0.05, 0.1) is 7.11 Å². The van der Waals surface area contributed by atoms with Crippen LogP contribution < -0.4 is 10.1 Å². The molecular weight excluding hydrogens is 357 g/mol. The Morgan fingerprint density at radius 2 is 2.00 bits per heavy atom. The number of fused-ring (bicyclic) bond motifs is 1. The predicted molar refractivity (Wildman–Crippen MR) is 106 cm³/mol. The molecule has 0 aliphatic rings. The van der Waals surface area contributed by atoms with Crippen molar-refractivity contribution in [2.75, 3.05) is 12.4 Å². The Bertz CT molecular complexity index is 1140. The molecule has 2 heterocycles. The summed E-state index contributed by atoms with van der Waals surface area (Å²) in [5.74, 6) is -0.148. The number of methoxy groups -OCH3 is 1. The number of nitrogens with zero attached hydrogens (tertiary/aromatic N) is 1. The highest BCUT2D eigenvalue weighted by Crippen LogP contribution is 2.28. The zero-order valence-electron chi connectivity index (χ0n) is 15.1. The Morgan fingerprint density at radius 3 is 2.82 bits per heavy atom. The van der Waals surface area contributed by atoms with E-state index in [1.165, 1.54) is 19.2 Å². The van der Waals surface area contributed by atoms with Crippen LogP contribution in [0.2, 0.25) is 0 Å². The van der Waals surface area contributed by atoms with Crippen LogP contribution in [0.25, 0.3) is 10.9 Å². The molecule has 0 aliphatic carbocycles. The number of carbonyl (C=O) groups excluding carboxylic acids is 1. The average Bonchev–Trinajstić information content (AvgIpc) is 3.16. The molecule has 0 radical (unpaired) electrons. The molecule has 5 nitrogen and oxygen atoms in total. The van der Waals surface area contributed by atoms with Gasteiger partial charge in [-0.3, -0.25) is 4.79 Å². The normalized spacial score (nSPS) is 11.9. The fourth-order valence-corrected chi connectivity index (χ4v) is 3.19. The number of halogens is 1. The van der Waals surface area contributed by atoms with E-state index in [2.05, 4.69) is 15.3 Å². The first kappa shape index (κ1) is 17.7. The van der Waals surface area contributed by atoms with Gasteiger partial charge in [0.25, 0.3) is 0 Å². The van der Waals surface area contributed by atoms with Crippen molar-refractivity contribution in [3.8, 4) is 5.88 Å². The van der Waals surface area contributed by atoms with Gasteiger partial charge in [0.15, 0.2) is 5.78 Å². The Hall–Kier alpha value is -3.67. The van der Waals surface area contributed by atoms with Crippen LogP contribution in [0.3, 0.4) is 0 Å². The maximum absolute atomic E-state index is 13.9. The summed E-state index contributed by atoms with van der Waals surface area (Å²) in [5.41, 5.74) is 2.59. The molecule has 140 valence electrons. The highest BCUT2D eigenvalue weighted by molar-refractivity contribution is 6.11. The molecule has 1 atom stereocenters. The maximum Gasteiger partial charge on any atom is 0.214 e. The van der Waals surface area contributed by atoms with E-state index in [1.807, 2.05) is 24.3 Å². The first-order valence-electron chi connectivity index (χ1n) is 8.78. The summed E-state index contributed by atoms with van der Waals surface area (Å²) >= 11 is 0. The van der Waals surface area contributed by atoms with Crippen molar-refractivity contribution in [1.29, 1.82) is 0 Å². The lowest BCUT2D eigenvalue weighted by Crippen LogP contribution is -2.21. The topological polar surface area (TPSA) is 67.0 Å². The Kier molecular flexibility index (Phi) is 4.76. The molecular formula is C22H18FN3O2. The van der Waals surface area contributed by atoms with Crippen molar-refractivity contribution in [1.82, 2.24) is 9.97 Å². The molecule has 4 aromatic rings. The van der Waals surface area contributed by atoms with Crippen LogP contribution in [-0.4, -0.2) is 22.9 Å². The number of hydrogen-bond acceptors (Lipinski definition) is 4. The van der Waals surface area contributed by atoms with Gasteiger partial charge in [0, 0.05) is 40.6 Å². The van der Waals surface area contributed by atoms with Crippen molar-refractivity contribution in [2.45, 2.75) is 6.04 Å². The number of H-pyrrole nitrogens is 1. The average molecular weight is 375 g/mol. The van der Waals surface area contributed by atoms with Crippen molar-refractivity contribution in [2.24, 2.45) is 0 Å². The van der Waals surface area contributed by atoms with Crippen LogP contribution in [-0.2, 0) is 0 Å². The number of benzene rings is 2. The number of pyridine rings is 1. The van der Waals surface area contributed by atoms with Gasteiger partial charge in [-0.1, -0.05) is 30.3 Å². The summed E-state index contributed by atoms with van der Waals surface area (Å²) in [6, 6.07) is 16.3. The minimum atomic E-state index is -0.776. The molecule has 2 aromatic carbocycles. The minimum Gasteiger partial charge on any atom is -0.481 e. The fraction of sp³-hybridized carbons (Fsp3) is 0.0909. The van der Waals surface area contributed by atoms with Crippen molar-refractivity contribution >= 4 is 22.4 Å². The van der Waals surface area contributed by atoms with Gasteiger partial charge in [-0.15, -0.1) is 0 Å². The Balaban J connectivity index is 1.77. The highest BCUT2D eigenvalue weighted by atomic mass is 19.1. The highest BCUT2D eigenvalue weighted by Gasteiger charge is 2.25. The second-order valence-corrected chi connectivity index (χ2v) is 6.33. The number of ether oxygens (including phenoxy) is 1. The van der Waals surface area contributed by atoms with Crippen LogP contribution in [0.4, 0.5) is 10.1 Å². The number of ketones is 1. The zero-order chi connectivity index (χ0) is 19.5. The summed E-state index contributed by atoms with van der Waals surface area (Å²) in [5, 5.41) is 4.02. The summed E-state index contributed by atoms with van der Waals surface area (Å²) in [4.78, 5) is 20.6. The zero-order valence-corrected chi connectivity index (χ0v) is 15.1. The van der Waals surface area contributed by atoms with Crippen LogP contribution >= 0.6 is 0 Å². The summed E-state index contributed by atoms with van der Waals surface area (Å²) < 4.78 is 19.0. The predicted octanol–water partition coefficient (Wildman–Crippen LogP) is 4.75. The SMILES string of the molecule is COc1cc(NC(C(=O)c2c[nH]c3ccccc23)c2cccc(F)c2)ccn1. The number of rotatable bonds is 6. The van der Waals surface area contributed by atoms with Crippen molar-refractivity contribution in [3.05, 3.63) is 90.0 Å². The van der Waals surface area contributed by atoms with Gasteiger partial charge in [-0.25, -0.2) is 9.37 Å². The summed E-state index contributed by atoms with van der Waals surface area (Å²) in [7, 11) is 1.52. The van der Waals surface area contributed by atoms with Crippen LogP contribution in [0, 0.1) is 5.82 Å². The quantitative estimate of drug-likeness (QED) is 0.478. The van der Waals surface area contributed by atoms with Crippen LogP contribution in [0.5, 0.6) is 5.88 Å². The summed E-state index contributed by atoms with van der Waals surface area (Å²) in [6.07, 6.45) is 3.27. The molecule has 0 bridgehead atoms. The van der Waals surface area contributed by atoms with E-state index in [-0.39, 0.29) is 5.78 Å². The van der Waals surface area contributed by atoms with E-state index in [9.17, 15) is 9.18 Å². The number of carbonyl (C=O) groups is 1. The number of anilines is 1. The second-order valence-electron chi connectivity index (χ2n) is 6.33. The van der Waals surface area contributed by atoms with Gasteiger partial charge in [0.1, 0.15) is 11.9 Å². The van der Waals surface area contributed by atoms with Crippen LogP contribution in [0.1, 0.15) is 22.0 Å². The maximum atomic E-state index is 13.9.